The molecule has 0 radical (unpaired) electrons. The number of aromatic nitrogens is 2. The van der Waals surface area contributed by atoms with Gasteiger partial charge in [0.2, 0.25) is 10.0 Å². The quantitative estimate of drug-likeness (QED) is 0.785. The van der Waals surface area contributed by atoms with Gasteiger partial charge < -0.3 is 4.42 Å². The van der Waals surface area contributed by atoms with Crippen LogP contribution in [-0.2, 0) is 17.1 Å². The molecule has 0 spiro atoms. The van der Waals surface area contributed by atoms with E-state index in [9.17, 15) is 17.6 Å². The lowest BCUT2D eigenvalue weighted by atomic mass is 10.1. The van der Waals surface area contributed by atoms with Crippen LogP contribution in [0.2, 0.25) is 0 Å². The number of fused-ring (bicyclic) bond motifs is 1. The number of aryl methyl sites for hydroxylation is 1. The highest BCUT2D eigenvalue weighted by Gasteiger charge is 2.14. The number of nitrogens with one attached hydrogen (secondary N) is 1. The molecule has 2 heterocycles. The fourth-order valence-electron chi connectivity index (χ4n) is 2.23. The van der Waals surface area contributed by atoms with Gasteiger partial charge in [-0.05, 0) is 12.1 Å². The smallest absolute Gasteiger partial charge is 0.408 e. The number of pyridine rings is 1. The Bertz CT molecular complexity index is 1070. The molecule has 120 valence electrons. The van der Waals surface area contributed by atoms with Crippen LogP contribution in [0.25, 0.3) is 22.2 Å². The number of nitrogens with zero attached hydrogens (tertiary/aromatic N) is 2. The molecule has 0 amide bonds. The van der Waals surface area contributed by atoms with Crippen molar-refractivity contribution in [1.82, 2.24) is 9.55 Å². The molecular weight excluding hydrogens is 325 g/mol. The minimum absolute atomic E-state index is 0.136. The lowest BCUT2D eigenvalue weighted by Crippen LogP contribution is -2.09. The van der Waals surface area contributed by atoms with Gasteiger partial charge >= 0.3 is 5.76 Å². The number of rotatable bonds is 3. The molecule has 0 aliphatic carbocycles. The molecule has 0 fully saturated rings. The van der Waals surface area contributed by atoms with Gasteiger partial charge in [0.1, 0.15) is 5.82 Å². The highest BCUT2D eigenvalue weighted by molar-refractivity contribution is 7.92. The molecule has 0 aliphatic heterocycles. The van der Waals surface area contributed by atoms with E-state index in [1.807, 2.05) is 0 Å². The summed E-state index contributed by atoms with van der Waals surface area (Å²) >= 11 is 0. The monoisotopic (exact) mass is 337 g/mol. The topological polar surface area (TPSA) is 94.2 Å². The molecule has 23 heavy (non-hydrogen) atoms. The first-order valence-electron chi connectivity index (χ1n) is 6.47. The number of hydrogen-bond donors (Lipinski definition) is 1. The van der Waals surface area contributed by atoms with E-state index < -0.39 is 21.6 Å². The van der Waals surface area contributed by atoms with Crippen LogP contribution in [0.1, 0.15) is 0 Å². The van der Waals surface area contributed by atoms with Crippen LogP contribution >= 0.6 is 0 Å². The Morgan fingerprint density at radius 1 is 1.26 bits per heavy atom. The third-order valence-electron chi connectivity index (χ3n) is 3.23. The molecule has 0 saturated carbocycles. The average molecular weight is 337 g/mol. The van der Waals surface area contributed by atoms with E-state index in [-0.39, 0.29) is 16.8 Å². The summed E-state index contributed by atoms with van der Waals surface area (Å²) in [5.74, 6) is -1.20. The highest BCUT2D eigenvalue weighted by Crippen LogP contribution is 2.28. The van der Waals surface area contributed by atoms with Crippen molar-refractivity contribution in [3.05, 3.63) is 47.0 Å². The third kappa shape index (κ3) is 2.95. The van der Waals surface area contributed by atoms with E-state index in [0.717, 1.165) is 12.3 Å². The van der Waals surface area contributed by atoms with Gasteiger partial charge in [-0.1, -0.05) is 0 Å². The second-order valence-electron chi connectivity index (χ2n) is 5.06. The zero-order chi connectivity index (χ0) is 16.8. The zero-order valence-corrected chi connectivity index (χ0v) is 13.0. The molecule has 2 aromatic heterocycles. The van der Waals surface area contributed by atoms with Crippen LogP contribution in [0, 0.1) is 5.82 Å². The minimum Gasteiger partial charge on any atom is -0.408 e. The Kier molecular flexibility index (Phi) is 3.44. The summed E-state index contributed by atoms with van der Waals surface area (Å²) in [7, 11) is -1.96. The van der Waals surface area contributed by atoms with Crippen LogP contribution in [0.15, 0.2) is 39.8 Å². The van der Waals surface area contributed by atoms with Crippen LogP contribution in [0.4, 0.5) is 10.1 Å². The van der Waals surface area contributed by atoms with Crippen molar-refractivity contribution < 1.29 is 17.2 Å². The molecule has 3 rings (SSSR count). The van der Waals surface area contributed by atoms with E-state index in [1.165, 1.54) is 36.1 Å². The van der Waals surface area contributed by atoms with Gasteiger partial charge in [0.05, 0.1) is 23.7 Å². The summed E-state index contributed by atoms with van der Waals surface area (Å²) in [6.45, 7) is 0. The van der Waals surface area contributed by atoms with Gasteiger partial charge in [-0.2, -0.15) is 0 Å². The summed E-state index contributed by atoms with van der Waals surface area (Å²) in [5, 5.41) is 0. The number of halogens is 1. The minimum atomic E-state index is -3.47. The van der Waals surface area contributed by atoms with Crippen LogP contribution in [0.3, 0.4) is 0 Å². The highest BCUT2D eigenvalue weighted by atomic mass is 32.2. The van der Waals surface area contributed by atoms with Crippen molar-refractivity contribution in [2.24, 2.45) is 7.05 Å². The van der Waals surface area contributed by atoms with E-state index in [4.69, 9.17) is 4.42 Å². The molecule has 1 N–H and O–H groups in total. The van der Waals surface area contributed by atoms with E-state index in [0.29, 0.717) is 11.1 Å². The number of sulfonamides is 1. The maximum absolute atomic E-state index is 14.3. The number of benzene rings is 1. The predicted octanol–water partition coefficient (Wildman–Crippen LogP) is 1.70. The van der Waals surface area contributed by atoms with Gasteiger partial charge in [-0.25, -0.2) is 17.6 Å². The maximum atomic E-state index is 14.3. The van der Waals surface area contributed by atoms with Crippen molar-refractivity contribution in [3.8, 4) is 11.1 Å². The fraction of sp³-hybridized carbons (Fsp3) is 0.143. The molecule has 3 aromatic rings. The zero-order valence-electron chi connectivity index (χ0n) is 12.2. The van der Waals surface area contributed by atoms with Crippen molar-refractivity contribution in [2.75, 3.05) is 11.0 Å². The summed E-state index contributed by atoms with van der Waals surface area (Å²) in [5.41, 5.74) is 1.32. The lowest BCUT2D eigenvalue weighted by Gasteiger charge is -2.07. The largest absolute Gasteiger partial charge is 0.419 e. The van der Waals surface area contributed by atoms with E-state index in [2.05, 4.69) is 9.71 Å². The molecule has 9 heteroatoms. The van der Waals surface area contributed by atoms with Crippen LogP contribution < -0.4 is 10.5 Å². The van der Waals surface area contributed by atoms with Gasteiger partial charge in [0.25, 0.3) is 0 Å². The summed E-state index contributed by atoms with van der Waals surface area (Å²) in [6.07, 6.45) is 3.72. The van der Waals surface area contributed by atoms with Gasteiger partial charge in [-0.15, -0.1) is 0 Å². The molecule has 0 unspecified atom stereocenters. The third-order valence-corrected chi connectivity index (χ3v) is 3.84. The Morgan fingerprint density at radius 2 is 2.00 bits per heavy atom. The van der Waals surface area contributed by atoms with E-state index >= 15 is 0 Å². The molecule has 0 saturated heterocycles. The Hall–Kier alpha value is -2.68. The van der Waals surface area contributed by atoms with Gasteiger partial charge in [-0.3, -0.25) is 14.3 Å². The number of hydrogen-bond acceptors (Lipinski definition) is 5. The second-order valence-corrected chi connectivity index (χ2v) is 6.81. The molecule has 0 aliphatic rings. The first kappa shape index (κ1) is 15.2. The van der Waals surface area contributed by atoms with Gasteiger partial charge in [0.15, 0.2) is 5.58 Å². The fourth-order valence-corrected chi connectivity index (χ4v) is 2.77. The van der Waals surface area contributed by atoms with E-state index in [1.54, 1.807) is 0 Å². The molecule has 7 nitrogen and oxygen atoms in total. The van der Waals surface area contributed by atoms with Crippen molar-refractivity contribution >= 4 is 26.8 Å². The molecule has 1 aromatic carbocycles. The normalized spacial score (nSPS) is 11.8. The number of oxazole rings is 1. The Balaban J connectivity index is 2.16. The lowest BCUT2D eigenvalue weighted by molar-refractivity contribution is 0.525. The molecule has 0 atom stereocenters. The summed E-state index contributed by atoms with van der Waals surface area (Å²) < 4.78 is 45.3. The number of anilines is 1. The first-order valence-corrected chi connectivity index (χ1v) is 8.36. The first-order chi connectivity index (χ1) is 10.7. The SMILES string of the molecule is Cn1c(=O)oc2cc(F)c(-c3cncc(NS(C)(=O)=O)c3)cc21. The van der Waals surface area contributed by atoms with Crippen molar-refractivity contribution in [3.63, 3.8) is 0 Å². The van der Waals surface area contributed by atoms with Gasteiger partial charge in [0, 0.05) is 30.4 Å². The maximum Gasteiger partial charge on any atom is 0.419 e. The predicted molar refractivity (Wildman–Crippen MR) is 83.1 cm³/mol. The summed E-state index contributed by atoms with van der Waals surface area (Å²) in [6, 6.07) is 4.02. The van der Waals surface area contributed by atoms with Crippen LogP contribution in [-0.4, -0.2) is 24.2 Å². The van der Waals surface area contributed by atoms with Crippen molar-refractivity contribution in [1.29, 1.82) is 0 Å². The standard InChI is InChI=1S/C14H12FN3O4S/c1-18-12-4-10(11(15)5-13(12)22-14(18)19)8-3-9(7-16-6-8)17-23(2,20)21/h3-7,17H,1-2H3. The van der Waals surface area contributed by atoms with Crippen LogP contribution in [0.5, 0.6) is 0 Å². The average Bonchev–Trinajstić information content (AvgIpc) is 2.71. The van der Waals surface area contributed by atoms with Crippen molar-refractivity contribution in [2.45, 2.75) is 0 Å². The summed E-state index contributed by atoms with van der Waals surface area (Å²) in [4.78, 5) is 15.4. The molecule has 0 bridgehead atoms. The second kappa shape index (κ2) is 5.20. The Morgan fingerprint density at radius 3 is 2.70 bits per heavy atom. The Labute approximate surface area is 130 Å². The molecular formula is C14H12FN3O4S.